The van der Waals surface area contributed by atoms with Crippen LogP contribution in [0.3, 0.4) is 0 Å². The molecule has 3 rings (SSSR count). The lowest BCUT2D eigenvalue weighted by molar-refractivity contribution is 1.05. The van der Waals surface area contributed by atoms with E-state index in [1.165, 1.54) is 5.56 Å². The standard InChI is InChI=1S/C17H15N3/c1-12-7-9-13(10-8-12)15-11-16(19-20-17(15)18)14-5-3-2-4-6-14/h2-11H,1H3,(H2,18,20). The van der Waals surface area contributed by atoms with Gasteiger partial charge in [-0.05, 0) is 18.6 Å². The molecule has 0 radical (unpaired) electrons. The van der Waals surface area contributed by atoms with Crippen LogP contribution in [-0.4, -0.2) is 10.2 Å². The van der Waals surface area contributed by atoms with Crippen molar-refractivity contribution in [3.8, 4) is 22.4 Å². The van der Waals surface area contributed by atoms with E-state index in [2.05, 4.69) is 41.4 Å². The molecule has 1 aromatic heterocycles. The lowest BCUT2D eigenvalue weighted by atomic mass is 10.0. The summed E-state index contributed by atoms with van der Waals surface area (Å²) in [4.78, 5) is 0. The highest BCUT2D eigenvalue weighted by atomic mass is 15.1. The van der Waals surface area contributed by atoms with E-state index in [9.17, 15) is 0 Å². The summed E-state index contributed by atoms with van der Waals surface area (Å²) in [5, 5.41) is 8.26. The molecular weight excluding hydrogens is 246 g/mol. The van der Waals surface area contributed by atoms with Crippen molar-refractivity contribution in [3.05, 3.63) is 66.2 Å². The van der Waals surface area contributed by atoms with Gasteiger partial charge < -0.3 is 5.73 Å². The van der Waals surface area contributed by atoms with Gasteiger partial charge in [-0.2, -0.15) is 0 Å². The van der Waals surface area contributed by atoms with Crippen LogP contribution >= 0.6 is 0 Å². The number of benzene rings is 2. The van der Waals surface area contributed by atoms with Gasteiger partial charge >= 0.3 is 0 Å². The highest BCUT2D eigenvalue weighted by molar-refractivity contribution is 5.77. The van der Waals surface area contributed by atoms with Crippen LogP contribution in [0.5, 0.6) is 0 Å². The Morgan fingerprint density at radius 1 is 0.800 bits per heavy atom. The van der Waals surface area contributed by atoms with Gasteiger partial charge in [0.15, 0.2) is 5.82 Å². The summed E-state index contributed by atoms with van der Waals surface area (Å²) in [5.41, 5.74) is 11.0. The number of aryl methyl sites for hydroxylation is 1. The molecule has 0 amide bonds. The first-order chi connectivity index (χ1) is 9.74. The van der Waals surface area contributed by atoms with Gasteiger partial charge in [0.2, 0.25) is 0 Å². The summed E-state index contributed by atoms with van der Waals surface area (Å²) < 4.78 is 0. The highest BCUT2D eigenvalue weighted by Crippen LogP contribution is 2.28. The van der Waals surface area contributed by atoms with Crippen molar-refractivity contribution in [2.75, 3.05) is 5.73 Å². The van der Waals surface area contributed by atoms with Crippen molar-refractivity contribution in [2.24, 2.45) is 0 Å². The van der Waals surface area contributed by atoms with Gasteiger partial charge in [-0.3, -0.25) is 0 Å². The lowest BCUT2D eigenvalue weighted by Gasteiger charge is -2.07. The van der Waals surface area contributed by atoms with Gasteiger partial charge in [0.05, 0.1) is 5.69 Å². The zero-order valence-corrected chi connectivity index (χ0v) is 11.2. The molecule has 0 spiro atoms. The van der Waals surface area contributed by atoms with Gasteiger partial charge in [-0.15, -0.1) is 10.2 Å². The molecule has 0 aliphatic carbocycles. The Bertz CT molecular complexity index is 719. The van der Waals surface area contributed by atoms with Gasteiger partial charge in [-0.1, -0.05) is 60.2 Å². The average molecular weight is 261 g/mol. The fourth-order valence-corrected chi connectivity index (χ4v) is 2.12. The molecule has 0 aliphatic rings. The third kappa shape index (κ3) is 2.38. The van der Waals surface area contributed by atoms with Crippen molar-refractivity contribution < 1.29 is 0 Å². The minimum Gasteiger partial charge on any atom is -0.382 e. The minimum absolute atomic E-state index is 0.452. The predicted molar refractivity (Wildman–Crippen MR) is 82.1 cm³/mol. The second-order valence-corrected chi connectivity index (χ2v) is 4.76. The maximum Gasteiger partial charge on any atom is 0.154 e. The molecule has 2 aromatic carbocycles. The third-order valence-corrected chi connectivity index (χ3v) is 3.25. The summed E-state index contributed by atoms with van der Waals surface area (Å²) in [6.07, 6.45) is 0. The fourth-order valence-electron chi connectivity index (χ4n) is 2.12. The molecule has 3 aromatic rings. The van der Waals surface area contributed by atoms with Crippen molar-refractivity contribution >= 4 is 5.82 Å². The topological polar surface area (TPSA) is 51.8 Å². The van der Waals surface area contributed by atoms with E-state index in [0.717, 1.165) is 22.4 Å². The number of hydrogen-bond acceptors (Lipinski definition) is 3. The first kappa shape index (κ1) is 12.4. The summed E-state index contributed by atoms with van der Waals surface area (Å²) >= 11 is 0. The molecule has 0 saturated heterocycles. The second-order valence-electron chi connectivity index (χ2n) is 4.76. The average Bonchev–Trinajstić information content (AvgIpc) is 2.50. The summed E-state index contributed by atoms with van der Waals surface area (Å²) in [6, 6.07) is 20.2. The van der Waals surface area contributed by atoms with E-state index in [4.69, 9.17) is 5.73 Å². The molecule has 1 heterocycles. The molecular formula is C17H15N3. The third-order valence-electron chi connectivity index (χ3n) is 3.25. The van der Waals surface area contributed by atoms with E-state index >= 15 is 0 Å². The predicted octanol–water partition coefficient (Wildman–Crippen LogP) is 3.70. The summed E-state index contributed by atoms with van der Waals surface area (Å²) in [5.74, 6) is 0.452. The van der Waals surface area contributed by atoms with Crippen LogP contribution in [0.1, 0.15) is 5.56 Å². The monoisotopic (exact) mass is 261 g/mol. The molecule has 0 fully saturated rings. The number of anilines is 1. The van der Waals surface area contributed by atoms with E-state index in [-0.39, 0.29) is 0 Å². The largest absolute Gasteiger partial charge is 0.382 e. The first-order valence-corrected chi connectivity index (χ1v) is 6.50. The number of nitrogens with two attached hydrogens (primary N) is 1. The molecule has 0 saturated carbocycles. The maximum absolute atomic E-state index is 5.96. The number of nitrogens with zero attached hydrogens (tertiary/aromatic N) is 2. The summed E-state index contributed by atoms with van der Waals surface area (Å²) in [6.45, 7) is 2.06. The molecule has 98 valence electrons. The Morgan fingerprint density at radius 2 is 1.50 bits per heavy atom. The van der Waals surface area contributed by atoms with E-state index < -0.39 is 0 Å². The van der Waals surface area contributed by atoms with Crippen LogP contribution in [0, 0.1) is 6.92 Å². The SMILES string of the molecule is Cc1ccc(-c2cc(-c3ccccc3)nnc2N)cc1. The van der Waals surface area contributed by atoms with E-state index in [1.54, 1.807) is 0 Å². The van der Waals surface area contributed by atoms with Crippen molar-refractivity contribution in [3.63, 3.8) is 0 Å². The van der Waals surface area contributed by atoms with Gasteiger partial charge in [0.25, 0.3) is 0 Å². The second kappa shape index (κ2) is 5.13. The molecule has 2 N–H and O–H groups in total. The normalized spacial score (nSPS) is 10.4. The Balaban J connectivity index is 2.10. The van der Waals surface area contributed by atoms with E-state index in [1.807, 2.05) is 36.4 Å². The number of aromatic nitrogens is 2. The molecule has 0 atom stereocenters. The van der Waals surface area contributed by atoms with Crippen LogP contribution in [0.25, 0.3) is 22.4 Å². The Hall–Kier alpha value is -2.68. The van der Waals surface area contributed by atoms with Crippen LogP contribution in [0.15, 0.2) is 60.7 Å². The van der Waals surface area contributed by atoms with Crippen LogP contribution in [-0.2, 0) is 0 Å². The molecule has 3 heteroatoms. The Kier molecular flexibility index (Phi) is 3.17. The first-order valence-electron chi connectivity index (χ1n) is 6.50. The molecule has 0 bridgehead atoms. The van der Waals surface area contributed by atoms with Crippen molar-refractivity contribution in [1.29, 1.82) is 0 Å². The fraction of sp³-hybridized carbons (Fsp3) is 0.0588. The van der Waals surface area contributed by atoms with Gasteiger partial charge in [0, 0.05) is 11.1 Å². The number of hydrogen-bond donors (Lipinski definition) is 1. The van der Waals surface area contributed by atoms with Gasteiger partial charge in [0.1, 0.15) is 0 Å². The summed E-state index contributed by atoms with van der Waals surface area (Å²) in [7, 11) is 0. The molecule has 0 aliphatic heterocycles. The van der Waals surface area contributed by atoms with E-state index in [0.29, 0.717) is 5.82 Å². The van der Waals surface area contributed by atoms with Gasteiger partial charge in [-0.25, -0.2) is 0 Å². The van der Waals surface area contributed by atoms with Crippen molar-refractivity contribution in [1.82, 2.24) is 10.2 Å². The zero-order chi connectivity index (χ0) is 13.9. The number of rotatable bonds is 2. The highest BCUT2D eigenvalue weighted by Gasteiger charge is 2.08. The Morgan fingerprint density at radius 3 is 2.20 bits per heavy atom. The quantitative estimate of drug-likeness (QED) is 0.765. The lowest BCUT2D eigenvalue weighted by Crippen LogP contribution is -1.98. The van der Waals surface area contributed by atoms with Crippen LogP contribution in [0.2, 0.25) is 0 Å². The molecule has 0 unspecified atom stereocenters. The Labute approximate surface area is 118 Å². The minimum atomic E-state index is 0.452. The number of nitrogen functional groups attached to an aromatic ring is 1. The molecule has 20 heavy (non-hydrogen) atoms. The van der Waals surface area contributed by atoms with Crippen LogP contribution < -0.4 is 5.73 Å². The van der Waals surface area contributed by atoms with Crippen LogP contribution in [0.4, 0.5) is 5.82 Å². The molecule has 3 nitrogen and oxygen atoms in total. The maximum atomic E-state index is 5.96. The smallest absolute Gasteiger partial charge is 0.154 e. The van der Waals surface area contributed by atoms with Crippen molar-refractivity contribution in [2.45, 2.75) is 6.92 Å². The zero-order valence-electron chi connectivity index (χ0n) is 11.2.